The smallest absolute Gasteiger partial charge is 0.358 e. The molecular weight excluding hydrogens is 190 g/mol. The van der Waals surface area contributed by atoms with Crippen LogP contribution in [0.2, 0.25) is 0 Å². The van der Waals surface area contributed by atoms with E-state index in [1.165, 1.54) is 14.0 Å². The number of carbonyl (C=O) groups is 2. The fourth-order valence-electron chi connectivity index (χ4n) is 0.885. The summed E-state index contributed by atoms with van der Waals surface area (Å²) in [5.41, 5.74) is 0.0161. The zero-order chi connectivity index (χ0) is 10.7. The summed E-state index contributed by atoms with van der Waals surface area (Å²) in [6.07, 6.45) is 1.16. The van der Waals surface area contributed by atoms with Gasteiger partial charge >= 0.3 is 11.9 Å². The van der Waals surface area contributed by atoms with E-state index in [9.17, 15) is 9.59 Å². The molecule has 0 aliphatic rings. The first-order valence-corrected chi connectivity index (χ1v) is 3.79. The Morgan fingerprint density at radius 3 is 2.79 bits per heavy atom. The van der Waals surface area contributed by atoms with Crippen molar-refractivity contribution in [3.05, 3.63) is 11.9 Å². The number of carboxylic acid groups (broad SMARTS) is 1. The van der Waals surface area contributed by atoms with Crippen molar-refractivity contribution < 1.29 is 19.4 Å². The van der Waals surface area contributed by atoms with Crippen LogP contribution < -0.4 is 0 Å². The number of carboxylic acids is 1. The Morgan fingerprint density at radius 2 is 2.29 bits per heavy atom. The maximum Gasteiger partial charge on any atom is 0.358 e. The summed E-state index contributed by atoms with van der Waals surface area (Å²) in [6, 6.07) is -0.952. The van der Waals surface area contributed by atoms with E-state index in [1.807, 2.05) is 0 Å². The van der Waals surface area contributed by atoms with Crippen molar-refractivity contribution in [3.8, 4) is 0 Å². The molecule has 1 aromatic heterocycles. The lowest BCUT2D eigenvalue weighted by Gasteiger charge is -2.07. The van der Waals surface area contributed by atoms with Crippen LogP contribution >= 0.6 is 0 Å². The van der Waals surface area contributed by atoms with Crippen LogP contribution in [0.25, 0.3) is 0 Å². The largest absolute Gasteiger partial charge is 0.480 e. The molecule has 0 bridgehead atoms. The maximum atomic E-state index is 11.1. The molecule has 0 unspecified atom stereocenters. The Bertz CT molecular complexity index is 360. The minimum atomic E-state index is -1.10. The zero-order valence-corrected chi connectivity index (χ0v) is 7.67. The van der Waals surface area contributed by atoms with Crippen LogP contribution in [0.15, 0.2) is 6.20 Å². The molecule has 14 heavy (non-hydrogen) atoms. The van der Waals surface area contributed by atoms with E-state index in [-0.39, 0.29) is 5.69 Å². The molecule has 1 N–H and O–H groups in total. The first kappa shape index (κ1) is 10.2. The highest BCUT2D eigenvalue weighted by atomic mass is 16.5. The van der Waals surface area contributed by atoms with Gasteiger partial charge in [0.25, 0.3) is 0 Å². The lowest BCUT2D eigenvalue weighted by Crippen LogP contribution is -2.21. The van der Waals surface area contributed by atoms with Gasteiger partial charge in [-0.15, -0.1) is 5.10 Å². The number of methoxy groups -OCH3 is 1. The molecule has 0 fully saturated rings. The standard InChI is InChI=1S/C7H9N3O4/c1-4(6(11)12)10-5(3-8-9-10)7(13)14-2/h3-4H,1-2H3,(H,11,12)/t4-/m0/s1. The molecule has 0 saturated heterocycles. The van der Waals surface area contributed by atoms with Crippen LogP contribution in [0.1, 0.15) is 23.5 Å². The minimum Gasteiger partial charge on any atom is -0.480 e. The van der Waals surface area contributed by atoms with Crippen molar-refractivity contribution in [2.75, 3.05) is 7.11 Å². The summed E-state index contributed by atoms with van der Waals surface area (Å²) < 4.78 is 5.43. The van der Waals surface area contributed by atoms with E-state index in [4.69, 9.17) is 5.11 Å². The van der Waals surface area contributed by atoms with Crippen molar-refractivity contribution in [1.82, 2.24) is 15.0 Å². The Morgan fingerprint density at radius 1 is 1.64 bits per heavy atom. The average molecular weight is 199 g/mol. The van der Waals surface area contributed by atoms with Crippen molar-refractivity contribution in [3.63, 3.8) is 0 Å². The van der Waals surface area contributed by atoms with Gasteiger partial charge in [0.1, 0.15) is 6.04 Å². The van der Waals surface area contributed by atoms with Gasteiger partial charge in [-0.2, -0.15) is 0 Å². The fourth-order valence-corrected chi connectivity index (χ4v) is 0.885. The molecule has 1 heterocycles. The van der Waals surface area contributed by atoms with E-state index in [2.05, 4.69) is 15.0 Å². The third-order valence-electron chi connectivity index (χ3n) is 1.69. The second kappa shape index (κ2) is 3.86. The molecule has 1 aromatic rings. The normalized spacial score (nSPS) is 12.1. The Kier molecular flexibility index (Phi) is 2.80. The van der Waals surface area contributed by atoms with Gasteiger partial charge in [-0.05, 0) is 6.92 Å². The molecule has 0 radical (unpaired) electrons. The molecular formula is C7H9N3O4. The molecule has 1 atom stereocenters. The number of carbonyl (C=O) groups excluding carboxylic acids is 1. The summed E-state index contributed by atoms with van der Waals surface area (Å²) in [4.78, 5) is 21.7. The van der Waals surface area contributed by atoms with Gasteiger partial charge in [-0.3, -0.25) is 0 Å². The van der Waals surface area contributed by atoms with Crippen molar-refractivity contribution in [2.24, 2.45) is 0 Å². The van der Waals surface area contributed by atoms with Gasteiger partial charge in [0.2, 0.25) is 0 Å². The SMILES string of the molecule is COC(=O)c1cnnn1[C@@H](C)C(=O)O. The van der Waals surface area contributed by atoms with Gasteiger partial charge in [0.15, 0.2) is 5.69 Å². The van der Waals surface area contributed by atoms with Gasteiger partial charge in [-0.25, -0.2) is 14.3 Å². The van der Waals surface area contributed by atoms with Crippen molar-refractivity contribution >= 4 is 11.9 Å². The topological polar surface area (TPSA) is 94.3 Å². The number of rotatable bonds is 3. The van der Waals surface area contributed by atoms with Crippen LogP contribution in [-0.4, -0.2) is 39.1 Å². The number of ether oxygens (including phenoxy) is 1. The summed E-state index contributed by atoms with van der Waals surface area (Å²) in [5, 5.41) is 15.6. The Balaban J connectivity index is 3.04. The molecule has 0 saturated carbocycles. The maximum absolute atomic E-state index is 11.1. The second-order valence-electron chi connectivity index (χ2n) is 2.57. The number of esters is 1. The summed E-state index contributed by atoms with van der Waals surface area (Å²) in [7, 11) is 1.20. The predicted octanol–water partition coefficient (Wildman–Crippen LogP) is -0.290. The zero-order valence-electron chi connectivity index (χ0n) is 7.67. The van der Waals surface area contributed by atoms with Crippen molar-refractivity contribution in [2.45, 2.75) is 13.0 Å². The van der Waals surface area contributed by atoms with Crippen LogP contribution in [0, 0.1) is 0 Å². The Labute approximate surface area is 79.3 Å². The van der Waals surface area contributed by atoms with Gasteiger partial charge in [-0.1, -0.05) is 5.21 Å². The summed E-state index contributed by atoms with van der Waals surface area (Å²) in [6.45, 7) is 1.39. The van der Waals surface area contributed by atoms with Crippen molar-refractivity contribution in [1.29, 1.82) is 0 Å². The second-order valence-corrected chi connectivity index (χ2v) is 2.57. The van der Waals surface area contributed by atoms with E-state index in [1.54, 1.807) is 0 Å². The third-order valence-corrected chi connectivity index (χ3v) is 1.69. The molecule has 0 aliphatic heterocycles. The minimum absolute atomic E-state index is 0.0161. The molecule has 0 aliphatic carbocycles. The first-order valence-electron chi connectivity index (χ1n) is 3.79. The molecule has 0 spiro atoms. The molecule has 7 heteroatoms. The molecule has 0 amide bonds. The van der Waals surface area contributed by atoms with Crippen LogP contribution in [-0.2, 0) is 9.53 Å². The predicted molar refractivity (Wildman–Crippen MR) is 43.7 cm³/mol. The highest BCUT2D eigenvalue weighted by Crippen LogP contribution is 2.08. The number of aromatic nitrogens is 3. The highest BCUT2D eigenvalue weighted by molar-refractivity contribution is 5.87. The van der Waals surface area contributed by atoms with Gasteiger partial charge < -0.3 is 9.84 Å². The lowest BCUT2D eigenvalue weighted by molar-refractivity contribution is -0.140. The van der Waals surface area contributed by atoms with Crippen LogP contribution in [0.4, 0.5) is 0 Å². The number of hydrogen-bond donors (Lipinski definition) is 1. The molecule has 76 valence electrons. The van der Waals surface area contributed by atoms with E-state index < -0.39 is 18.0 Å². The van der Waals surface area contributed by atoms with Crippen LogP contribution in [0.5, 0.6) is 0 Å². The number of nitrogens with zero attached hydrogens (tertiary/aromatic N) is 3. The highest BCUT2D eigenvalue weighted by Gasteiger charge is 2.22. The number of hydrogen-bond acceptors (Lipinski definition) is 5. The monoisotopic (exact) mass is 199 g/mol. The first-order chi connectivity index (χ1) is 6.57. The van der Waals surface area contributed by atoms with Crippen LogP contribution in [0.3, 0.4) is 0 Å². The van der Waals surface area contributed by atoms with Gasteiger partial charge in [0.05, 0.1) is 13.3 Å². The van der Waals surface area contributed by atoms with E-state index in [0.29, 0.717) is 0 Å². The molecule has 7 nitrogen and oxygen atoms in total. The molecule has 1 rings (SSSR count). The number of aliphatic carboxylic acids is 1. The fraction of sp³-hybridized carbons (Fsp3) is 0.429. The quantitative estimate of drug-likeness (QED) is 0.672. The molecule has 0 aromatic carbocycles. The third kappa shape index (κ3) is 1.70. The van der Waals surface area contributed by atoms with Gasteiger partial charge in [0, 0.05) is 0 Å². The summed E-state index contributed by atoms with van der Waals surface area (Å²) in [5.74, 6) is -1.76. The summed E-state index contributed by atoms with van der Waals surface area (Å²) >= 11 is 0. The average Bonchev–Trinajstić information content (AvgIpc) is 2.63. The van der Waals surface area contributed by atoms with E-state index >= 15 is 0 Å². The van der Waals surface area contributed by atoms with E-state index in [0.717, 1.165) is 10.9 Å². The lowest BCUT2D eigenvalue weighted by atomic mass is 10.3. The Hall–Kier alpha value is -1.92.